The quantitative estimate of drug-likeness (QED) is 0.373. The topological polar surface area (TPSA) is 37.6 Å². The Bertz CT molecular complexity index is 937. The normalized spacial score (nSPS) is 11.6. The number of aldehydes is 1. The highest BCUT2D eigenvalue weighted by Gasteiger charge is 2.19. The molecule has 0 radical (unpaired) electrons. The predicted octanol–water partition coefficient (Wildman–Crippen LogP) is 4.52. The summed E-state index contributed by atoms with van der Waals surface area (Å²) in [5.74, 6) is 0.255. The fourth-order valence-corrected chi connectivity index (χ4v) is 3.36. The van der Waals surface area contributed by atoms with Crippen molar-refractivity contribution in [3.8, 4) is 0 Å². The van der Waals surface area contributed by atoms with Crippen molar-refractivity contribution < 1.29 is 4.79 Å². The highest BCUT2D eigenvalue weighted by Crippen LogP contribution is 2.31. The van der Waals surface area contributed by atoms with Gasteiger partial charge in [-0.2, -0.15) is 5.10 Å². The molecule has 4 nitrogen and oxygen atoms in total. The number of hydrogen-bond acceptors (Lipinski definition) is 3. The van der Waals surface area contributed by atoms with Gasteiger partial charge in [-0.05, 0) is 23.1 Å². The molecule has 3 rings (SSSR count). The molecule has 1 aromatic heterocycles. The van der Waals surface area contributed by atoms with Crippen molar-refractivity contribution in [1.29, 1.82) is 0 Å². The predicted molar refractivity (Wildman–Crippen MR) is 108 cm³/mol. The van der Waals surface area contributed by atoms with E-state index in [1.165, 1.54) is 5.56 Å². The molecule has 0 aliphatic rings. The lowest BCUT2D eigenvalue weighted by atomic mass is 10.0. The fraction of sp³-hybridized carbons (Fsp3) is 0.273. The van der Waals surface area contributed by atoms with E-state index in [-0.39, 0.29) is 5.92 Å². The van der Waals surface area contributed by atoms with E-state index in [2.05, 4.69) is 41.7 Å². The standard InChI is InChI=1S/C22H25N3O/c1-16(2)22-20(15-26)19-11-10-18(13-23-24(3)4)12-21(19)25(22)14-17-8-6-5-7-9-17/h5-13,15-16H,14H2,1-4H3/b23-13+. The zero-order valence-electron chi connectivity index (χ0n) is 15.8. The van der Waals surface area contributed by atoms with Crippen molar-refractivity contribution in [3.63, 3.8) is 0 Å². The zero-order chi connectivity index (χ0) is 18.7. The van der Waals surface area contributed by atoms with E-state index in [9.17, 15) is 4.79 Å². The molecule has 0 aliphatic heterocycles. The van der Waals surface area contributed by atoms with Crippen molar-refractivity contribution in [2.24, 2.45) is 5.10 Å². The van der Waals surface area contributed by atoms with Crippen LogP contribution in [0.2, 0.25) is 0 Å². The van der Waals surface area contributed by atoms with Crippen molar-refractivity contribution in [1.82, 2.24) is 9.58 Å². The molecule has 0 bridgehead atoms. The maximum absolute atomic E-state index is 11.9. The summed E-state index contributed by atoms with van der Waals surface area (Å²) in [6.07, 6.45) is 2.83. The number of hydrogen-bond donors (Lipinski definition) is 0. The lowest BCUT2D eigenvalue weighted by Gasteiger charge is -2.14. The number of carbonyl (C=O) groups is 1. The van der Waals surface area contributed by atoms with Gasteiger partial charge in [0.2, 0.25) is 0 Å². The number of nitrogens with zero attached hydrogens (tertiary/aromatic N) is 3. The highest BCUT2D eigenvalue weighted by molar-refractivity contribution is 6.01. The van der Waals surface area contributed by atoms with Crippen LogP contribution in [0.25, 0.3) is 10.9 Å². The Morgan fingerprint density at radius 1 is 1.12 bits per heavy atom. The van der Waals surface area contributed by atoms with Gasteiger partial charge in [0, 0.05) is 42.8 Å². The third-order valence-corrected chi connectivity index (χ3v) is 4.46. The van der Waals surface area contributed by atoms with E-state index >= 15 is 0 Å². The van der Waals surface area contributed by atoms with Gasteiger partial charge in [0.05, 0.1) is 6.21 Å². The summed E-state index contributed by atoms with van der Waals surface area (Å²) < 4.78 is 2.27. The number of aromatic nitrogens is 1. The Morgan fingerprint density at radius 2 is 1.85 bits per heavy atom. The molecular formula is C22H25N3O. The second kappa shape index (κ2) is 7.56. The molecular weight excluding hydrogens is 322 g/mol. The number of benzene rings is 2. The maximum atomic E-state index is 11.9. The summed E-state index contributed by atoms with van der Waals surface area (Å²) in [6.45, 7) is 5.02. The maximum Gasteiger partial charge on any atom is 0.152 e. The van der Waals surface area contributed by atoms with Crippen LogP contribution in [-0.2, 0) is 6.54 Å². The Kier molecular flexibility index (Phi) is 5.21. The minimum atomic E-state index is 0.255. The highest BCUT2D eigenvalue weighted by atomic mass is 16.1. The van der Waals surface area contributed by atoms with Crippen molar-refractivity contribution in [2.45, 2.75) is 26.3 Å². The largest absolute Gasteiger partial charge is 0.339 e. The first-order valence-electron chi connectivity index (χ1n) is 8.87. The van der Waals surface area contributed by atoms with Crippen LogP contribution >= 0.6 is 0 Å². The molecule has 0 spiro atoms. The van der Waals surface area contributed by atoms with Gasteiger partial charge < -0.3 is 9.58 Å². The molecule has 2 aromatic carbocycles. The van der Waals surface area contributed by atoms with E-state index in [1.54, 1.807) is 5.01 Å². The molecule has 0 aliphatic carbocycles. The van der Waals surface area contributed by atoms with Gasteiger partial charge in [-0.15, -0.1) is 0 Å². The van der Waals surface area contributed by atoms with Crippen LogP contribution in [-0.4, -0.2) is 36.2 Å². The minimum absolute atomic E-state index is 0.255. The molecule has 4 heteroatoms. The van der Waals surface area contributed by atoms with Crippen molar-refractivity contribution >= 4 is 23.4 Å². The molecule has 0 saturated heterocycles. The Labute approximate surface area is 154 Å². The van der Waals surface area contributed by atoms with Crippen LogP contribution in [0.3, 0.4) is 0 Å². The Morgan fingerprint density at radius 3 is 2.46 bits per heavy atom. The SMILES string of the molecule is CC(C)c1c(C=O)c2ccc(/C=N/N(C)C)cc2n1Cc1ccccc1. The third kappa shape index (κ3) is 3.54. The molecule has 0 unspecified atom stereocenters. The first kappa shape index (κ1) is 17.9. The van der Waals surface area contributed by atoms with E-state index in [0.717, 1.165) is 40.6 Å². The van der Waals surface area contributed by atoms with Crippen LogP contribution in [0.15, 0.2) is 53.6 Å². The van der Waals surface area contributed by atoms with Crippen molar-refractivity contribution in [2.75, 3.05) is 14.1 Å². The molecule has 0 atom stereocenters. The molecule has 0 N–H and O–H groups in total. The van der Waals surface area contributed by atoms with Gasteiger partial charge in [-0.25, -0.2) is 0 Å². The molecule has 1 heterocycles. The zero-order valence-corrected chi connectivity index (χ0v) is 15.8. The van der Waals surface area contributed by atoms with Crippen LogP contribution in [0.1, 0.15) is 46.9 Å². The average molecular weight is 347 g/mol. The lowest BCUT2D eigenvalue weighted by Crippen LogP contribution is -2.07. The minimum Gasteiger partial charge on any atom is -0.339 e. The molecule has 3 aromatic rings. The molecule has 26 heavy (non-hydrogen) atoms. The van der Waals surface area contributed by atoms with Crippen LogP contribution in [0, 0.1) is 0 Å². The van der Waals surface area contributed by atoms with Gasteiger partial charge in [0.1, 0.15) is 0 Å². The number of fused-ring (bicyclic) bond motifs is 1. The van der Waals surface area contributed by atoms with E-state index in [0.29, 0.717) is 0 Å². The summed E-state index contributed by atoms with van der Waals surface area (Å²) in [6, 6.07) is 16.5. The van der Waals surface area contributed by atoms with E-state index in [4.69, 9.17) is 0 Å². The average Bonchev–Trinajstić information content (AvgIpc) is 2.94. The third-order valence-electron chi connectivity index (χ3n) is 4.46. The van der Waals surface area contributed by atoms with Crippen LogP contribution in [0.4, 0.5) is 0 Å². The van der Waals surface area contributed by atoms with E-state index in [1.807, 2.05) is 50.6 Å². The molecule has 0 amide bonds. The summed E-state index contributed by atoms with van der Waals surface area (Å²) in [7, 11) is 3.79. The van der Waals surface area contributed by atoms with Crippen molar-refractivity contribution in [3.05, 3.63) is 70.9 Å². The number of hydrazone groups is 1. The van der Waals surface area contributed by atoms with Gasteiger partial charge in [0.15, 0.2) is 6.29 Å². The number of rotatable bonds is 6. The Hall–Kier alpha value is -2.88. The molecule has 0 fully saturated rings. The first-order valence-corrected chi connectivity index (χ1v) is 8.87. The second-order valence-electron chi connectivity index (χ2n) is 7.01. The van der Waals surface area contributed by atoms with Gasteiger partial charge in [0.25, 0.3) is 0 Å². The first-order chi connectivity index (χ1) is 12.5. The smallest absolute Gasteiger partial charge is 0.152 e. The summed E-state index contributed by atoms with van der Waals surface area (Å²) in [4.78, 5) is 11.9. The van der Waals surface area contributed by atoms with Crippen LogP contribution in [0.5, 0.6) is 0 Å². The van der Waals surface area contributed by atoms with Gasteiger partial charge in [-0.1, -0.05) is 56.3 Å². The lowest BCUT2D eigenvalue weighted by molar-refractivity contribution is 0.112. The van der Waals surface area contributed by atoms with Crippen LogP contribution < -0.4 is 0 Å². The summed E-state index contributed by atoms with van der Waals surface area (Å²) in [5, 5.41) is 7.10. The second-order valence-corrected chi connectivity index (χ2v) is 7.01. The summed E-state index contributed by atoms with van der Waals surface area (Å²) in [5.41, 5.74) is 5.19. The summed E-state index contributed by atoms with van der Waals surface area (Å²) >= 11 is 0. The van der Waals surface area contributed by atoms with Gasteiger partial charge >= 0.3 is 0 Å². The van der Waals surface area contributed by atoms with Gasteiger partial charge in [-0.3, -0.25) is 4.79 Å². The monoisotopic (exact) mass is 347 g/mol. The fourth-order valence-electron chi connectivity index (χ4n) is 3.36. The molecule has 134 valence electrons. The number of carbonyl (C=O) groups excluding carboxylic acids is 1. The Balaban J connectivity index is 2.21. The molecule has 0 saturated carbocycles. The van der Waals surface area contributed by atoms with E-state index < -0.39 is 0 Å².